The Morgan fingerprint density at radius 2 is 2.00 bits per heavy atom. The molecule has 5 heteroatoms. The zero-order valence-electron chi connectivity index (χ0n) is 8.77. The van der Waals surface area contributed by atoms with Crippen LogP contribution >= 0.6 is 27.7 Å². The van der Waals surface area contributed by atoms with Crippen LogP contribution in [0.2, 0.25) is 0 Å². The molecule has 2 rings (SSSR count). The summed E-state index contributed by atoms with van der Waals surface area (Å²) in [6, 6.07) is 7.91. The van der Waals surface area contributed by atoms with Crippen molar-refractivity contribution in [1.82, 2.24) is 0 Å². The molecule has 0 aliphatic rings. The van der Waals surface area contributed by atoms with Crippen LogP contribution in [0.25, 0.3) is 0 Å². The summed E-state index contributed by atoms with van der Waals surface area (Å²) in [6.45, 7) is 0. The number of furan rings is 1. The van der Waals surface area contributed by atoms with Crippen LogP contribution in [0.4, 0.5) is 4.39 Å². The van der Waals surface area contributed by atoms with E-state index in [0.717, 1.165) is 9.37 Å². The molecule has 90 valence electrons. The molecule has 0 amide bonds. The van der Waals surface area contributed by atoms with Gasteiger partial charge in [-0.3, -0.25) is 0 Å². The molecule has 0 spiro atoms. The Kier molecular flexibility index (Phi) is 4.25. The maximum Gasteiger partial charge on any atom is 0.147 e. The molecule has 1 N–H and O–H groups in total. The van der Waals surface area contributed by atoms with E-state index in [4.69, 9.17) is 4.42 Å². The summed E-state index contributed by atoms with van der Waals surface area (Å²) in [7, 11) is 0. The van der Waals surface area contributed by atoms with Crippen LogP contribution in [0, 0.1) is 5.82 Å². The maximum atomic E-state index is 12.7. The van der Waals surface area contributed by atoms with Crippen molar-refractivity contribution in [2.75, 3.05) is 5.75 Å². The third-order valence-corrected chi connectivity index (χ3v) is 3.91. The first-order valence-corrected chi connectivity index (χ1v) is 6.74. The lowest BCUT2D eigenvalue weighted by Crippen LogP contribution is -1.99. The Balaban J connectivity index is 1.94. The normalized spacial score (nSPS) is 12.6. The predicted molar refractivity (Wildman–Crippen MR) is 68.5 cm³/mol. The average molecular weight is 317 g/mol. The maximum absolute atomic E-state index is 12.7. The van der Waals surface area contributed by atoms with E-state index in [1.165, 1.54) is 30.2 Å². The summed E-state index contributed by atoms with van der Waals surface area (Å²) in [5.74, 6) is 0.709. The number of rotatable bonds is 4. The summed E-state index contributed by atoms with van der Waals surface area (Å²) < 4.78 is 18.6. The topological polar surface area (TPSA) is 33.4 Å². The highest BCUT2D eigenvalue weighted by atomic mass is 79.9. The van der Waals surface area contributed by atoms with Crippen molar-refractivity contribution in [3.63, 3.8) is 0 Å². The molecular weight excluding hydrogens is 307 g/mol. The summed E-state index contributed by atoms with van der Waals surface area (Å²) in [6.07, 6.45) is 0.833. The molecule has 1 atom stereocenters. The fourth-order valence-electron chi connectivity index (χ4n) is 1.32. The quantitative estimate of drug-likeness (QED) is 0.865. The Hall–Kier alpha value is -0.780. The van der Waals surface area contributed by atoms with Gasteiger partial charge in [0.05, 0.1) is 10.7 Å². The van der Waals surface area contributed by atoms with Gasteiger partial charge in [-0.2, -0.15) is 0 Å². The smallest absolute Gasteiger partial charge is 0.147 e. The van der Waals surface area contributed by atoms with E-state index in [0.29, 0.717) is 11.5 Å². The molecule has 1 aromatic heterocycles. The van der Waals surface area contributed by atoms with Crippen molar-refractivity contribution >= 4 is 27.7 Å². The third kappa shape index (κ3) is 3.34. The molecule has 0 saturated heterocycles. The van der Waals surface area contributed by atoms with E-state index in [-0.39, 0.29) is 5.82 Å². The highest BCUT2D eigenvalue weighted by Gasteiger charge is 2.15. The van der Waals surface area contributed by atoms with Crippen LogP contribution < -0.4 is 0 Å². The molecular formula is C12H10BrFO2S. The number of hydrogen-bond acceptors (Lipinski definition) is 3. The van der Waals surface area contributed by atoms with Crippen LogP contribution in [0.3, 0.4) is 0 Å². The van der Waals surface area contributed by atoms with Crippen molar-refractivity contribution in [2.24, 2.45) is 0 Å². The van der Waals surface area contributed by atoms with Crippen LogP contribution in [0.15, 0.2) is 50.4 Å². The second kappa shape index (κ2) is 5.71. The molecule has 0 radical (unpaired) electrons. The van der Waals surface area contributed by atoms with E-state index in [1.54, 1.807) is 18.2 Å². The Morgan fingerprint density at radius 1 is 1.29 bits per heavy atom. The van der Waals surface area contributed by atoms with Gasteiger partial charge in [-0.1, -0.05) is 0 Å². The highest BCUT2D eigenvalue weighted by molar-refractivity contribution is 9.10. The number of aliphatic hydroxyl groups excluding tert-OH is 1. The molecule has 0 fully saturated rings. The van der Waals surface area contributed by atoms with Gasteiger partial charge in [-0.25, -0.2) is 4.39 Å². The Labute approximate surface area is 111 Å². The van der Waals surface area contributed by atoms with Gasteiger partial charge in [0.1, 0.15) is 17.7 Å². The van der Waals surface area contributed by atoms with E-state index in [9.17, 15) is 9.50 Å². The molecule has 1 aromatic carbocycles. The molecule has 2 aromatic rings. The SMILES string of the molecule is OC(CSc1ccc(F)cc1)c1occc1Br. The van der Waals surface area contributed by atoms with Gasteiger partial charge in [0, 0.05) is 10.6 Å². The lowest BCUT2D eigenvalue weighted by molar-refractivity contribution is 0.173. The minimum absolute atomic E-state index is 0.260. The summed E-state index contributed by atoms with van der Waals surface area (Å²) >= 11 is 4.74. The monoisotopic (exact) mass is 316 g/mol. The molecule has 0 aliphatic carbocycles. The molecule has 0 saturated carbocycles. The fourth-order valence-corrected chi connectivity index (χ4v) is 2.62. The zero-order valence-corrected chi connectivity index (χ0v) is 11.2. The van der Waals surface area contributed by atoms with Crippen LogP contribution in [-0.2, 0) is 0 Å². The van der Waals surface area contributed by atoms with Gasteiger partial charge < -0.3 is 9.52 Å². The van der Waals surface area contributed by atoms with E-state index in [1.807, 2.05) is 0 Å². The van der Waals surface area contributed by atoms with Gasteiger partial charge in [0.2, 0.25) is 0 Å². The number of aliphatic hydroxyl groups is 1. The van der Waals surface area contributed by atoms with Crippen LogP contribution in [0.5, 0.6) is 0 Å². The first-order valence-electron chi connectivity index (χ1n) is 4.96. The van der Waals surface area contributed by atoms with Crippen LogP contribution in [-0.4, -0.2) is 10.9 Å². The minimum Gasteiger partial charge on any atom is -0.465 e. The van der Waals surface area contributed by atoms with E-state index < -0.39 is 6.10 Å². The first kappa shape index (κ1) is 12.7. The second-order valence-electron chi connectivity index (χ2n) is 3.41. The highest BCUT2D eigenvalue weighted by Crippen LogP contribution is 2.29. The summed E-state index contributed by atoms with van der Waals surface area (Å²) in [4.78, 5) is 0.910. The molecule has 2 nitrogen and oxygen atoms in total. The van der Waals surface area contributed by atoms with E-state index in [2.05, 4.69) is 15.9 Å². The first-order chi connectivity index (χ1) is 8.16. The van der Waals surface area contributed by atoms with Crippen molar-refractivity contribution in [3.05, 3.63) is 52.6 Å². The molecule has 1 unspecified atom stereocenters. The van der Waals surface area contributed by atoms with Gasteiger partial charge in [0.15, 0.2) is 0 Å². The zero-order chi connectivity index (χ0) is 12.3. The largest absolute Gasteiger partial charge is 0.465 e. The fraction of sp³-hybridized carbons (Fsp3) is 0.167. The van der Waals surface area contributed by atoms with Gasteiger partial charge in [-0.15, -0.1) is 11.8 Å². The summed E-state index contributed by atoms with van der Waals surface area (Å²) in [5, 5.41) is 9.89. The van der Waals surface area contributed by atoms with Gasteiger partial charge in [0.25, 0.3) is 0 Å². The van der Waals surface area contributed by atoms with Gasteiger partial charge >= 0.3 is 0 Å². The lowest BCUT2D eigenvalue weighted by atomic mass is 10.3. The van der Waals surface area contributed by atoms with Crippen molar-refractivity contribution in [3.8, 4) is 0 Å². The molecule has 0 aliphatic heterocycles. The van der Waals surface area contributed by atoms with Gasteiger partial charge in [-0.05, 0) is 46.3 Å². The van der Waals surface area contributed by atoms with E-state index >= 15 is 0 Å². The average Bonchev–Trinajstić information content (AvgIpc) is 2.74. The number of halogens is 2. The molecule has 17 heavy (non-hydrogen) atoms. The Morgan fingerprint density at radius 3 is 2.59 bits per heavy atom. The number of thioether (sulfide) groups is 1. The molecule has 1 heterocycles. The number of hydrogen-bond donors (Lipinski definition) is 1. The predicted octanol–water partition coefficient (Wildman–Crippen LogP) is 4.01. The van der Waals surface area contributed by atoms with Crippen LogP contribution in [0.1, 0.15) is 11.9 Å². The number of benzene rings is 1. The van der Waals surface area contributed by atoms with Crippen molar-refractivity contribution in [1.29, 1.82) is 0 Å². The Bertz CT molecular complexity index is 484. The second-order valence-corrected chi connectivity index (χ2v) is 5.36. The van der Waals surface area contributed by atoms with Crippen molar-refractivity contribution < 1.29 is 13.9 Å². The standard InChI is InChI=1S/C12H10BrFO2S/c13-10-5-6-16-12(10)11(15)7-17-9-3-1-8(14)2-4-9/h1-6,11,15H,7H2. The third-order valence-electron chi connectivity index (χ3n) is 2.17. The molecule has 0 bridgehead atoms. The summed E-state index contributed by atoms with van der Waals surface area (Å²) in [5.41, 5.74) is 0. The lowest BCUT2D eigenvalue weighted by Gasteiger charge is -2.08. The van der Waals surface area contributed by atoms with Crippen molar-refractivity contribution in [2.45, 2.75) is 11.0 Å². The minimum atomic E-state index is -0.686.